The number of hydrogen-bond donors (Lipinski definition) is 2. The predicted molar refractivity (Wildman–Crippen MR) is 54.9 cm³/mol. The highest BCUT2D eigenvalue weighted by molar-refractivity contribution is 5.37. The first-order valence-corrected chi connectivity index (χ1v) is 4.58. The maximum atomic E-state index is 12.4. The van der Waals surface area contributed by atoms with Crippen molar-refractivity contribution in [2.24, 2.45) is 5.73 Å². The van der Waals surface area contributed by atoms with E-state index in [1.807, 2.05) is 13.8 Å². The Bertz CT molecular complexity index is 318. The Kier molecular flexibility index (Phi) is 3.11. The molecule has 0 saturated heterocycles. The lowest BCUT2D eigenvalue weighted by atomic mass is 9.94. The molecule has 0 heterocycles. The van der Waals surface area contributed by atoms with Crippen LogP contribution in [-0.2, 0) is 13.1 Å². The van der Waals surface area contributed by atoms with Gasteiger partial charge in [-0.25, -0.2) is 4.39 Å². The molecular formula is C11H16FNO. The number of alkyl halides is 1. The summed E-state index contributed by atoms with van der Waals surface area (Å²) in [6.45, 7) is 3.22. The number of hydrogen-bond acceptors (Lipinski definition) is 2. The molecule has 3 N–H and O–H groups in total. The van der Waals surface area contributed by atoms with Crippen molar-refractivity contribution in [1.82, 2.24) is 0 Å². The Morgan fingerprint density at radius 3 is 2.57 bits per heavy atom. The molecule has 2 nitrogen and oxygen atoms in total. The standard InChI is InChI=1S/C11H16FNO/c1-11(2,13)6-9-5-8(7-12)3-4-10(9)14/h3-5,14H,6-7,13H2,1-2H3. The summed E-state index contributed by atoms with van der Waals surface area (Å²) in [5, 5.41) is 9.52. The van der Waals surface area contributed by atoms with Gasteiger partial charge in [-0.05, 0) is 43.5 Å². The van der Waals surface area contributed by atoms with Crippen molar-refractivity contribution in [2.75, 3.05) is 0 Å². The van der Waals surface area contributed by atoms with Crippen molar-refractivity contribution in [3.05, 3.63) is 29.3 Å². The molecule has 0 saturated carbocycles. The number of phenols is 1. The van der Waals surface area contributed by atoms with E-state index in [4.69, 9.17) is 5.73 Å². The van der Waals surface area contributed by atoms with E-state index in [0.717, 1.165) is 0 Å². The highest BCUT2D eigenvalue weighted by atomic mass is 19.1. The second-order valence-corrected chi connectivity index (χ2v) is 4.26. The van der Waals surface area contributed by atoms with Crippen molar-refractivity contribution in [2.45, 2.75) is 32.5 Å². The SMILES string of the molecule is CC(C)(N)Cc1cc(CF)ccc1O. The van der Waals surface area contributed by atoms with Crippen molar-refractivity contribution in [3.8, 4) is 5.75 Å². The Hall–Kier alpha value is -1.09. The number of nitrogens with two attached hydrogens (primary N) is 1. The van der Waals surface area contributed by atoms with Crippen LogP contribution in [0.4, 0.5) is 4.39 Å². The number of halogens is 1. The summed E-state index contributed by atoms with van der Waals surface area (Å²) in [5.41, 5.74) is 6.70. The third kappa shape index (κ3) is 3.00. The monoisotopic (exact) mass is 197 g/mol. The molecule has 0 amide bonds. The summed E-state index contributed by atoms with van der Waals surface area (Å²) in [5.74, 6) is 0.181. The fraction of sp³-hybridized carbons (Fsp3) is 0.455. The maximum Gasteiger partial charge on any atom is 0.118 e. The Balaban J connectivity index is 2.95. The highest BCUT2D eigenvalue weighted by Gasteiger charge is 2.14. The number of aromatic hydroxyl groups is 1. The zero-order valence-electron chi connectivity index (χ0n) is 8.55. The zero-order chi connectivity index (χ0) is 10.8. The third-order valence-corrected chi connectivity index (χ3v) is 1.94. The van der Waals surface area contributed by atoms with Gasteiger partial charge in [0, 0.05) is 5.54 Å². The lowest BCUT2D eigenvalue weighted by molar-refractivity contribution is 0.446. The van der Waals surface area contributed by atoms with Crippen molar-refractivity contribution in [1.29, 1.82) is 0 Å². The highest BCUT2D eigenvalue weighted by Crippen LogP contribution is 2.22. The van der Waals surface area contributed by atoms with Crippen LogP contribution < -0.4 is 5.73 Å². The zero-order valence-corrected chi connectivity index (χ0v) is 8.55. The van der Waals surface area contributed by atoms with Gasteiger partial charge in [0.05, 0.1) is 0 Å². The van der Waals surface area contributed by atoms with Crippen LogP contribution >= 0.6 is 0 Å². The Labute approximate surface area is 83.6 Å². The Morgan fingerprint density at radius 2 is 2.07 bits per heavy atom. The number of phenolic OH excluding ortho intramolecular Hbond substituents is 1. The van der Waals surface area contributed by atoms with E-state index < -0.39 is 12.2 Å². The molecular weight excluding hydrogens is 181 g/mol. The summed E-state index contributed by atoms with van der Waals surface area (Å²) in [6.07, 6.45) is 0.534. The molecule has 3 heteroatoms. The summed E-state index contributed by atoms with van der Waals surface area (Å²) in [7, 11) is 0. The minimum absolute atomic E-state index is 0.181. The second kappa shape index (κ2) is 3.96. The fourth-order valence-electron chi connectivity index (χ4n) is 1.35. The first-order valence-electron chi connectivity index (χ1n) is 4.58. The van der Waals surface area contributed by atoms with Crippen LogP contribution in [0.15, 0.2) is 18.2 Å². The molecule has 0 atom stereocenters. The maximum absolute atomic E-state index is 12.4. The van der Waals surface area contributed by atoms with Crippen molar-refractivity contribution in [3.63, 3.8) is 0 Å². The molecule has 0 bridgehead atoms. The molecule has 78 valence electrons. The summed E-state index contributed by atoms with van der Waals surface area (Å²) in [6, 6.07) is 4.74. The van der Waals surface area contributed by atoms with Gasteiger partial charge in [-0.2, -0.15) is 0 Å². The molecule has 1 rings (SSSR count). The van der Waals surface area contributed by atoms with Crippen LogP contribution in [0.1, 0.15) is 25.0 Å². The first-order chi connectivity index (χ1) is 6.42. The Morgan fingerprint density at radius 1 is 1.43 bits per heavy atom. The van der Waals surface area contributed by atoms with Crippen molar-refractivity contribution < 1.29 is 9.50 Å². The molecule has 14 heavy (non-hydrogen) atoms. The van der Waals surface area contributed by atoms with Crippen LogP contribution in [0.5, 0.6) is 5.75 Å². The smallest absolute Gasteiger partial charge is 0.118 e. The fourth-order valence-corrected chi connectivity index (χ4v) is 1.35. The van der Waals surface area contributed by atoms with Gasteiger partial charge in [-0.3, -0.25) is 0 Å². The average Bonchev–Trinajstić information content (AvgIpc) is 2.06. The molecule has 1 aromatic rings. The normalized spacial score (nSPS) is 11.7. The molecule has 0 aromatic heterocycles. The lowest BCUT2D eigenvalue weighted by Crippen LogP contribution is -2.34. The van der Waals surface area contributed by atoms with E-state index in [1.54, 1.807) is 12.1 Å². The van der Waals surface area contributed by atoms with E-state index >= 15 is 0 Å². The van der Waals surface area contributed by atoms with E-state index in [2.05, 4.69) is 0 Å². The lowest BCUT2D eigenvalue weighted by Gasteiger charge is -2.19. The summed E-state index contributed by atoms with van der Waals surface area (Å²) in [4.78, 5) is 0. The van der Waals surface area contributed by atoms with Crippen molar-refractivity contribution >= 4 is 0 Å². The van der Waals surface area contributed by atoms with Gasteiger partial charge in [0.1, 0.15) is 12.4 Å². The molecule has 0 unspecified atom stereocenters. The van der Waals surface area contributed by atoms with Gasteiger partial charge >= 0.3 is 0 Å². The minimum Gasteiger partial charge on any atom is -0.508 e. The van der Waals surface area contributed by atoms with Gasteiger partial charge < -0.3 is 10.8 Å². The molecule has 0 radical (unpaired) electrons. The number of benzene rings is 1. The van der Waals surface area contributed by atoms with Gasteiger partial charge in [-0.15, -0.1) is 0 Å². The molecule has 0 aliphatic rings. The quantitative estimate of drug-likeness (QED) is 0.779. The van der Waals surface area contributed by atoms with Crippen LogP contribution in [0.3, 0.4) is 0 Å². The first kappa shape index (κ1) is 11.0. The third-order valence-electron chi connectivity index (χ3n) is 1.94. The van der Waals surface area contributed by atoms with Gasteiger partial charge in [-0.1, -0.05) is 6.07 Å². The van der Waals surface area contributed by atoms with E-state index in [0.29, 0.717) is 17.5 Å². The predicted octanol–water partition coefficient (Wildman–Crippen LogP) is 2.14. The second-order valence-electron chi connectivity index (χ2n) is 4.26. The largest absolute Gasteiger partial charge is 0.508 e. The molecule has 0 spiro atoms. The van der Waals surface area contributed by atoms with Crippen LogP contribution in [0.2, 0.25) is 0 Å². The average molecular weight is 197 g/mol. The molecule has 1 aromatic carbocycles. The molecule has 0 aliphatic carbocycles. The van der Waals surface area contributed by atoms with E-state index in [-0.39, 0.29) is 5.75 Å². The van der Waals surface area contributed by atoms with Gasteiger partial charge in [0.25, 0.3) is 0 Å². The van der Waals surface area contributed by atoms with Crippen LogP contribution in [-0.4, -0.2) is 10.6 Å². The van der Waals surface area contributed by atoms with Crippen LogP contribution in [0.25, 0.3) is 0 Å². The molecule has 0 fully saturated rings. The van der Waals surface area contributed by atoms with Gasteiger partial charge in [0.15, 0.2) is 0 Å². The topological polar surface area (TPSA) is 46.2 Å². The van der Waals surface area contributed by atoms with Crippen LogP contribution in [0, 0.1) is 0 Å². The number of rotatable bonds is 3. The molecule has 0 aliphatic heterocycles. The van der Waals surface area contributed by atoms with E-state index in [9.17, 15) is 9.50 Å². The minimum atomic E-state index is -0.516. The van der Waals surface area contributed by atoms with E-state index in [1.165, 1.54) is 6.07 Å². The summed E-state index contributed by atoms with van der Waals surface area (Å²) >= 11 is 0. The van der Waals surface area contributed by atoms with Gasteiger partial charge in [0.2, 0.25) is 0 Å². The summed E-state index contributed by atoms with van der Waals surface area (Å²) < 4.78 is 12.4.